The smallest absolute Gasteiger partial charge is 0.0919 e. The Morgan fingerprint density at radius 1 is 1.15 bits per heavy atom. The standard InChI is InChI=1S/C17H29NO2/c1-6-20-9-7-8-18-11-16(19)17-14(4)12(2)10-13(3)15(17)5/h10,16,18-19H,6-9,11H2,1-5H3. The highest BCUT2D eigenvalue weighted by molar-refractivity contribution is 5.45. The molecule has 0 aliphatic carbocycles. The Morgan fingerprint density at radius 2 is 1.75 bits per heavy atom. The summed E-state index contributed by atoms with van der Waals surface area (Å²) in [6.45, 7) is 13.4. The molecule has 1 unspecified atom stereocenters. The monoisotopic (exact) mass is 279 g/mol. The molecule has 3 heteroatoms. The summed E-state index contributed by atoms with van der Waals surface area (Å²) in [5.41, 5.74) is 5.99. The molecule has 0 aliphatic rings. The Hall–Kier alpha value is -0.900. The van der Waals surface area contributed by atoms with E-state index in [9.17, 15) is 5.11 Å². The molecule has 0 amide bonds. The number of aliphatic hydroxyl groups excluding tert-OH is 1. The lowest BCUT2D eigenvalue weighted by Crippen LogP contribution is -2.24. The van der Waals surface area contributed by atoms with Crippen LogP contribution < -0.4 is 5.32 Å². The summed E-state index contributed by atoms with van der Waals surface area (Å²) in [5, 5.41) is 13.7. The molecule has 114 valence electrons. The summed E-state index contributed by atoms with van der Waals surface area (Å²) in [6.07, 6.45) is 0.534. The van der Waals surface area contributed by atoms with Crippen LogP contribution in [-0.2, 0) is 4.74 Å². The van der Waals surface area contributed by atoms with Crippen LogP contribution in [0.4, 0.5) is 0 Å². The molecule has 0 spiro atoms. The van der Waals surface area contributed by atoms with Gasteiger partial charge in [0.25, 0.3) is 0 Å². The van der Waals surface area contributed by atoms with E-state index in [-0.39, 0.29) is 0 Å². The zero-order valence-electron chi connectivity index (χ0n) is 13.5. The van der Waals surface area contributed by atoms with Gasteiger partial charge in [-0.3, -0.25) is 0 Å². The number of rotatable bonds is 8. The highest BCUT2D eigenvalue weighted by Crippen LogP contribution is 2.26. The van der Waals surface area contributed by atoms with E-state index >= 15 is 0 Å². The van der Waals surface area contributed by atoms with Crippen LogP contribution in [0.15, 0.2) is 6.07 Å². The molecule has 0 fully saturated rings. The third-order valence-electron chi connectivity index (χ3n) is 3.94. The maximum atomic E-state index is 10.4. The van der Waals surface area contributed by atoms with Gasteiger partial charge in [-0.1, -0.05) is 6.07 Å². The summed E-state index contributed by atoms with van der Waals surface area (Å²) in [5.74, 6) is 0. The number of nitrogens with one attached hydrogen (secondary N) is 1. The number of aliphatic hydroxyl groups is 1. The van der Waals surface area contributed by atoms with E-state index in [4.69, 9.17) is 4.74 Å². The fraction of sp³-hybridized carbons (Fsp3) is 0.647. The molecular formula is C17H29NO2. The van der Waals surface area contributed by atoms with Crippen molar-refractivity contribution >= 4 is 0 Å². The van der Waals surface area contributed by atoms with Crippen molar-refractivity contribution in [3.8, 4) is 0 Å². The maximum Gasteiger partial charge on any atom is 0.0919 e. The summed E-state index contributed by atoms with van der Waals surface area (Å²) >= 11 is 0. The first kappa shape index (κ1) is 17.2. The number of benzene rings is 1. The third kappa shape index (κ3) is 4.58. The Labute approximate surface area is 123 Å². The fourth-order valence-corrected chi connectivity index (χ4v) is 2.53. The molecule has 0 bridgehead atoms. The molecular weight excluding hydrogens is 250 g/mol. The van der Waals surface area contributed by atoms with Crippen molar-refractivity contribution in [1.82, 2.24) is 5.32 Å². The number of hydrogen-bond donors (Lipinski definition) is 2. The molecule has 0 aromatic heterocycles. The molecule has 1 rings (SSSR count). The van der Waals surface area contributed by atoms with Crippen LogP contribution in [0, 0.1) is 27.7 Å². The largest absolute Gasteiger partial charge is 0.387 e. The second-order valence-electron chi connectivity index (χ2n) is 5.44. The minimum atomic E-state index is -0.444. The molecule has 0 saturated heterocycles. The van der Waals surface area contributed by atoms with Crippen molar-refractivity contribution in [2.75, 3.05) is 26.3 Å². The minimum Gasteiger partial charge on any atom is -0.387 e. The summed E-state index contributed by atoms with van der Waals surface area (Å²) in [6, 6.07) is 2.19. The molecule has 1 aromatic rings. The van der Waals surface area contributed by atoms with Gasteiger partial charge in [-0.25, -0.2) is 0 Å². The van der Waals surface area contributed by atoms with E-state index in [0.29, 0.717) is 6.54 Å². The zero-order chi connectivity index (χ0) is 15.1. The van der Waals surface area contributed by atoms with E-state index < -0.39 is 6.10 Å². The molecule has 1 aromatic carbocycles. The van der Waals surface area contributed by atoms with Gasteiger partial charge in [-0.15, -0.1) is 0 Å². The molecule has 0 aliphatic heterocycles. The first-order valence-electron chi connectivity index (χ1n) is 7.52. The number of ether oxygens (including phenoxy) is 1. The van der Waals surface area contributed by atoms with Crippen LogP contribution in [0.1, 0.15) is 47.3 Å². The highest BCUT2D eigenvalue weighted by atomic mass is 16.5. The van der Waals surface area contributed by atoms with Gasteiger partial charge in [0.15, 0.2) is 0 Å². The van der Waals surface area contributed by atoms with E-state index in [1.165, 1.54) is 22.3 Å². The van der Waals surface area contributed by atoms with Crippen LogP contribution in [0.25, 0.3) is 0 Å². The number of hydrogen-bond acceptors (Lipinski definition) is 3. The van der Waals surface area contributed by atoms with Gasteiger partial charge >= 0.3 is 0 Å². The van der Waals surface area contributed by atoms with Crippen molar-refractivity contribution in [3.63, 3.8) is 0 Å². The van der Waals surface area contributed by atoms with Crippen molar-refractivity contribution < 1.29 is 9.84 Å². The SMILES string of the molecule is CCOCCCNCC(O)c1c(C)c(C)cc(C)c1C. The average molecular weight is 279 g/mol. The van der Waals surface area contributed by atoms with Gasteiger partial charge in [-0.05, 0) is 75.4 Å². The maximum absolute atomic E-state index is 10.4. The van der Waals surface area contributed by atoms with Gasteiger partial charge in [0.05, 0.1) is 6.10 Å². The summed E-state index contributed by atoms with van der Waals surface area (Å²) in [7, 11) is 0. The van der Waals surface area contributed by atoms with Crippen LogP contribution in [-0.4, -0.2) is 31.4 Å². The van der Waals surface area contributed by atoms with Crippen molar-refractivity contribution in [3.05, 3.63) is 33.9 Å². The van der Waals surface area contributed by atoms with Crippen LogP contribution in [0.5, 0.6) is 0 Å². The fourth-order valence-electron chi connectivity index (χ4n) is 2.53. The Bertz CT molecular complexity index is 403. The van der Waals surface area contributed by atoms with Crippen molar-refractivity contribution in [1.29, 1.82) is 0 Å². The first-order valence-corrected chi connectivity index (χ1v) is 7.52. The average Bonchev–Trinajstić information content (AvgIpc) is 2.41. The Morgan fingerprint density at radius 3 is 2.30 bits per heavy atom. The molecule has 20 heavy (non-hydrogen) atoms. The first-order chi connectivity index (χ1) is 9.49. The second-order valence-corrected chi connectivity index (χ2v) is 5.44. The van der Waals surface area contributed by atoms with Gasteiger partial charge in [-0.2, -0.15) is 0 Å². The Kier molecular flexibility index (Phi) is 7.20. The topological polar surface area (TPSA) is 41.5 Å². The molecule has 1 atom stereocenters. The van der Waals surface area contributed by atoms with Crippen LogP contribution in [0.2, 0.25) is 0 Å². The van der Waals surface area contributed by atoms with Crippen molar-refractivity contribution in [2.45, 2.75) is 47.1 Å². The lowest BCUT2D eigenvalue weighted by Gasteiger charge is -2.20. The molecule has 0 radical (unpaired) electrons. The quantitative estimate of drug-likeness (QED) is 0.719. The van der Waals surface area contributed by atoms with Gasteiger partial charge in [0.1, 0.15) is 0 Å². The predicted molar refractivity (Wildman–Crippen MR) is 84.3 cm³/mol. The molecule has 0 heterocycles. The highest BCUT2D eigenvalue weighted by Gasteiger charge is 2.15. The molecule has 0 saturated carbocycles. The van der Waals surface area contributed by atoms with E-state index in [1.54, 1.807) is 0 Å². The van der Waals surface area contributed by atoms with Crippen LogP contribution >= 0.6 is 0 Å². The summed E-state index contributed by atoms with van der Waals surface area (Å²) < 4.78 is 5.29. The van der Waals surface area contributed by atoms with Gasteiger partial charge in [0, 0.05) is 19.8 Å². The van der Waals surface area contributed by atoms with Crippen molar-refractivity contribution in [2.24, 2.45) is 0 Å². The van der Waals surface area contributed by atoms with Gasteiger partial charge < -0.3 is 15.2 Å². The Balaban J connectivity index is 2.57. The lowest BCUT2D eigenvalue weighted by atomic mass is 9.91. The molecule has 2 N–H and O–H groups in total. The lowest BCUT2D eigenvalue weighted by molar-refractivity contribution is 0.140. The summed E-state index contributed by atoms with van der Waals surface area (Å²) in [4.78, 5) is 0. The normalized spacial score (nSPS) is 12.7. The van der Waals surface area contributed by atoms with E-state index in [0.717, 1.165) is 31.7 Å². The minimum absolute atomic E-state index is 0.444. The predicted octanol–water partition coefficient (Wildman–Crippen LogP) is 2.97. The second kappa shape index (κ2) is 8.40. The van der Waals surface area contributed by atoms with E-state index in [2.05, 4.69) is 39.1 Å². The van der Waals surface area contributed by atoms with Gasteiger partial charge in [0.2, 0.25) is 0 Å². The molecule has 3 nitrogen and oxygen atoms in total. The third-order valence-corrected chi connectivity index (χ3v) is 3.94. The number of aryl methyl sites for hydroxylation is 2. The van der Waals surface area contributed by atoms with E-state index in [1.807, 2.05) is 6.92 Å². The van der Waals surface area contributed by atoms with Crippen LogP contribution in [0.3, 0.4) is 0 Å². The zero-order valence-corrected chi connectivity index (χ0v) is 13.5.